The van der Waals surface area contributed by atoms with Crippen LogP contribution >= 0.6 is 0 Å². The zero-order valence-corrected chi connectivity index (χ0v) is 7.20. The van der Waals surface area contributed by atoms with Gasteiger partial charge in [0.15, 0.2) is 5.75 Å². The number of aromatic nitrogens is 2. The first kappa shape index (κ1) is 8.11. The molecule has 1 aromatic rings. The van der Waals surface area contributed by atoms with Gasteiger partial charge in [0.2, 0.25) is 0 Å². The van der Waals surface area contributed by atoms with Crippen LogP contribution < -0.4 is 0 Å². The van der Waals surface area contributed by atoms with Crippen LogP contribution in [0.25, 0.3) is 0 Å². The number of rotatable bonds is 2. The van der Waals surface area contributed by atoms with E-state index in [9.17, 15) is 5.11 Å². The second-order valence-electron chi connectivity index (χ2n) is 2.89. The maximum atomic E-state index is 9.35. The largest absolute Gasteiger partial charge is 0.504 e. The fourth-order valence-corrected chi connectivity index (χ4v) is 1.23. The molecule has 0 aromatic carbocycles. The molecular weight excluding hydrogens is 140 g/mol. The SMILES string of the molecule is CCn1ncc(O)c1C(C)C. The molecule has 0 spiro atoms. The van der Waals surface area contributed by atoms with E-state index in [2.05, 4.69) is 5.10 Å². The summed E-state index contributed by atoms with van der Waals surface area (Å²) in [5.41, 5.74) is 0.924. The molecule has 1 N–H and O–H groups in total. The minimum Gasteiger partial charge on any atom is -0.504 e. The molecule has 0 bridgehead atoms. The Labute approximate surface area is 66.7 Å². The molecule has 0 aliphatic rings. The summed E-state index contributed by atoms with van der Waals surface area (Å²) in [6.45, 7) is 6.91. The van der Waals surface area contributed by atoms with E-state index < -0.39 is 0 Å². The van der Waals surface area contributed by atoms with Gasteiger partial charge in [-0.15, -0.1) is 0 Å². The third-order valence-corrected chi connectivity index (χ3v) is 1.71. The first-order chi connectivity index (χ1) is 5.16. The van der Waals surface area contributed by atoms with Gasteiger partial charge in [-0.25, -0.2) is 0 Å². The second-order valence-corrected chi connectivity index (χ2v) is 2.89. The van der Waals surface area contributed by atoms with E-state index in [1.807, 2.05) is 25.5 Å². The Hall–Kier alpha value is -0.990. The Morgan fingerprint density at radius 1 is 1.64 bits per heavy atom. The lowest BCUT2D eigenvalue weighted by Crippen LogP contribution is -2.03. The third-order valence-electron chi connectivity index (χ3n) is 1.71. The van der Waals surface area contributed by atoms with Crippen LogP contribution in [0.1, 0.15) is 32.4 Å². The molecular formula is C8H14N2O. The highest BCUT2D eigenvalue weighted by Crippen LogP contribution is 2.24. The second kappa shape index (κ2) is 2.95. The van der Waals surface area contributed by atoms with E-state index in [-0.39, 0.29) is 0 Å². The van der Waals surface area contributed by atoms with Crippen molar-refractivity contribution in [2.75, 3.05) is 0 Å². The van der Waals surface area contributed by atoms with E-state index in [0.29, 0.717) is 11.7 Å². The molecule has 0 saturated carbocycles. The van der Waals surface area contributed by atoms with Gasteiger partial charge in [-0.1, -0.05) is 13.8 Å². The van der Waals surface area contributed by atoms with Crippen molar-refractivity contribution in [3.05, 3.63) is 11.9 Å². The molecule has 0 atom stereocenters. The lowest BCUT2D eigenvalue weighted by Gasteiger charge is -2.07. The fraction of sp³-hybridized carbons (Fsp3) is 0.625. The van der Waals surface area contributed by atoms with Crippen LogP contribution in [0, 0.1) is 0 Å². The lowest BCUT2D eigenvalue weighted by atomic mass is 10.1. The minimum absolute atomic E-state index is 0.307. The molecule has 1 heterocycles. The molecule has 1 aromatic heterocycles. The molecule has 3 heteroatoms. The van der Waals surface area contributed by atoms with Gasteiger partial charge in [-0.2, -0.15) is 5.10 Å². The maximum absolute atomic E-state index is 9.35. The van der Waals surface area contributed by atoms with Crippen molar-refractivity contribution in [3.8, 4) is 5.75 Å². The van der Waals surface area contributed by atoms with Crippen molar-refractivity contribution >= 4 is 0 Å². The smallest absolute Gasteiger partial charge is 0.157 e. The van der Waals surface area contributed by atoms with Gasteiger partial charge < -0.3 is 5.11 Å². The van der Waals surface area contributed by atoms with E-state index in [1.165, 1.54) is 6.20 Å². The molecule has 0 fully saturated rings. The number of aromatic hydroxyl groups is 1. The first-order valence-corrected chi connectivity index (χ1v) is 3.91. The predicted octanol–water partition coefficient (Wildman–Crippen LogP) is 1.73. The molecule has 0 amide bonds. The van der Waals surface area contributed by atoms with Gasteiger partial charge in [0.1, 0.15) is 0 Å². The highest BCUT2D eigenvalue weighted by Gasteiger charge is 2.11. The van der Waals surface area contributed by atoms with Gasteiger partial charge >= 0.3 is 0 Å². The molecule has 1 rings (SSSR count). The summed E-state index contributed by atoms with van der Waals surface area (Å²) < 4.78 is 1.82. The van der Waals surface area contributed by atoms with Crippen LogP contribution in [0.3, 0.4) is 0 Å². The van der Waals surface area contributed by atoms with E-state index in [4.69, 9.17) is 0 Å². The van der Waals surface area contributed by atoms with Gasteiger partial charge in [-0.05, 0) is 12.8 Å². The first-order valence-electron chi connectivity index (χ1n) is 3.91. The molecule has 0 saturated heterocycles. The predicted molar refractivity (Wildman–Crippen MR) is 43.7 cm³/mol. The zero-order valence-electron chi connectivity index (χ0n) is 7.20. The quantitative estimate of drug-likeness (QED) is 0.704. The highest BCUT2D eigenvalue weighted by atomic mass is 16.3. The topological polar surface area (TPSA) is 38.0 Å². The number of aryl methyl sites for hydroxylation is 1. The zero-order chi connectivity index (χ0) is 8.43. The van der Waals surface area contributed by atoms with Gasteiger partial charge in [0.05, 0.1) is 11.9 Å². The summed E-state index contributed by atoms with van der Waals surface area (Å²) in [6, 6.07) is 0. The Bertz CT molecular complexity index is 240. The van der Waals surface area contributed by atoms with Gasteiger partial charge in [0.25, 0.3) is 0 Å². The normalized spacial score (nSPS) is 10.9. The summed E-state index contributed by atoms with van der Waals surface area (Å²) in [5.74, 6) is 0.638. The molecule has 0 aliphatic carbocycles. The lowest BCUT2D eigenvalue weighted by molar-refractivity contribution is 0.458. The number of hydrogen-bond donors (Lipinski definition) is 1. The van der Waals surface area contributed by atoms with Crippen molar-refractivity contribution in [2.24, 2.45) is 0 Å². The van der Waals surface area contributed by atoms with Crippen molar-refractivity contribution in [1.82, 2.24) is 9.78 Å². The highest BCUT2D eigenvalue weighted by molar-refractivity contribution is 5.25. The molecule has 3 nitrogen and oxygen atoms in total. The van der Waals surface area contributed by atoms with Crippen molar-refractivity contribution in [2.45, 2.75) is 33.2 Å². The maximum Gasteiger partial charge on any atom is 0.157 e. The fourth-order valence-electron chi connectivity index (χ4n) is 1.23. The van der Waals surface area contributed by atoms with E-state index in [1.54, 1.807) is 0 Å². The Morgan fingerprint density at radius 3 is 2.64 bits per heavy atom. The molecule has 0 aliphatic heterocycles. The van der Waals surface area contributed by atoms with Crippen LogP contribution in [-0.2, 0) is 6.54 Å². The van der Waals surface area contributed by atoms with Crippen LogP contribution in [0.5, 0.6) is 5.75 Å². The summed E-state index contributed by atoms with van der Waals surface area (Å²) in [6.07, 6.45) is 1.50. The summed E-state index contributed by atoms with van der Waals surface area (Å²) in [7, 11) is 0. The molecule has 62 valence electrons. The van der Waals surface area contributed by atoms with Crippen LogP contribution in [0.15, 0.2) is 6.20 Å². The van der Waals surface area contributed by atoms with Crippen molar-refractivity contribution in [1.29, 1.82) is 0 Å². The summed E-state index contributed by atoms with van der Waals surface area (Å²) >= 11 is 0. The molecule has 0 unspecified atom stereocenters. The van der Waals surface area contributed by atoms with E-state index >= 15 is 0 Å². The van der Waals surface area contributed by atoms with Crippen LogP contribution in [0.4, 0.5) is 0 Å². The standard InChI is InChI=1S/C8H14N2O/c1-4-10-8(6(2)3)7(11)5-9-10/h5-6,11H,4H2,1-3H3. The number of nitrogens with zero attached hydrogens (tertiary/aromatic N) is 2. The summed E-state index contributed by atoms with van der Waals surface area (Å²) in [5, 5.41) is 13.4. The van der Waals surface area contributed by atoms with Crippen LogP contribution in [-0.4, -0.2) is 14.9 Å². The van der Waals surface area contributed by atoms with Gasteiger partial charge in [0, 0.05) is 6.54 Å². The average Bonchev–Trinajstić information content (AvgIpc) is 2.30. The molecule has 0 radical (unpaired) electrons. The summed E-state index contributed by atoms with van der Waals surface area (Å²) in [4.78, 5) is 0. The molecule has 11 heavy (non-hydrogen) atoms. The average molecular weight is 154 g/mol. The van der Waals surface area contributed by atoms with E-state index in [0.717, 1.165) is 12.2 Å². The minimum atomic E-state index is 0.307. The third kappa shape index (κ3) is 1.37. The monoisotopic (exact) mass is 154 g/mol. The van der Waals surface area contributed by atoms with Crippen molar-refractivity contribution in [3.63, 3.8) is 0 Å². The van der Waals surface area contributed by atoms with Crippen molar-refractivity contribution < 1.29 is 5.11 Å². The Morgan fingerprint density at radius 2 is 2.27 bits per heavy atom. The number of hydrogen-bond acceptors (Lipinski definition) is 2. The van der Waals surface area contributed by atoms with Crippen LogP contribution in [0.2, 0.25) is 0 Å². The Kier molecular flexibility index (Phi) is 2.17. The van der Waals surface area contributed by atoms with Gasteiger partial charge in [-0.3, -0.25) is 4.68 Å². The Balaban J connectivity index is 3.07.